The van der Waals surface area contributed by atoms with Gasteiger partial charge in [0.2, 0.25) is 0 Å². The molecule has 0 aliphatic heterocycles. The molecule has 5 nitrogen and oxygen atoms in total. The van der Waals surface area contributed by atoms with Gasteiger partial charge in [-0.2, -0.15) is 0 Å². The van der Waals surface area contributed by atoms with E-state index in [1.807, 2.05) is 61.5 Å². The van der Waals surface area contributed by atoms with E-state index in [1.165, 1.54) is 0 Å². The lowest BCUT2D eigenvalue weighted by atomic mass is 10.1. The van der Waals surface area contributed by atoms with Gasteiger partial charge < -0.3 is 10.6 Å². The van der Waals surface area contributed by atoms with E-state index in [1.54, 1.807) is 30.5 Å². The van der Waals surface area contributed by atoms with Crippen molar-refractivity contribution < 1.29 is 9.59 Å². The predicted molar refractivity (Wildman–Crippen MR) is 115 cm³/mol. The van der Waals surface area contributed by atoms with Crippen LogP contribution in [0, 0.1) is 6.92 Å². The molecule has 0 fully saturated rings. The molecule has 2 amide bonds. The molecule has 4 rings (SSSR count). The molecule has 5 heteroatoms. The summed E-state index contributed by atoms with van der Waals surface area (Å²) in [6.45, 7) is 1.89. The van der Waals surface area contributed by atoms with Gasteiger partial charge >= 0.3 is 0 Å². The van der Waals surface area contributed by atoms with Crippen molar-refractivity contribution in [1.29, 1.82) is 0 Å². The summed E-state index contributed by atoms with van der Waals surface area (Å²) in [6.07, 6.45) is 1.72. The van der Waals surface area contributed by atoms with Crippen LogP contribution in [0.3, 0.4) is 0 Å². The van der Waals surface area contributed by atoms with Gasteiger partial charge in [0.15, 0.2) is 0 Å². The molecular weight excluding hydrogens is 362 g/mol. The fourth-order valence-electron chi connectivity index (χ4n) is 3.09. The number of anilines is 2. The third kappa shape index (κ3) is 3.99. The van der Waals surface area contributed by atoms with Gasteiger partial charge in [-0.25, -0.2) is 0 Å². The van der Waals surface area contributed by atoms with Crippen LogP contribution in [0.4, 0.5) is 11.4 Å². The van der Waals surface area contributed by atoms with E-state index in [0.29, 0.717) is 22.5 Å². The fraction of sp³-hybridized carbons (Fsp3) is 0.0417. The van der Waals surface area contributed by atoms with Gasteiger partial charge in [-0.1, -0.05) is 30.3 Å². The molecule has 3 aromatic carbocycles. The number of nitrogens with zero attached hydrogens (tertiary/aromatic N) is 1. The number of nitrogens with one attached hydrogen (secondary N) is 2. The van der Waals surface area contributed by atoms with Crippen molar-refractivity contribution in [1.82, 2.24) is 4.98 Å². The second kappa shape index (κ2) is 7.94. The number of hydrogen-bond acceptors (Lipinski definition) is 3. The van der Waals surface area contributed by atoms with Gasteiger partial charge in [0.25, 0.3) is 11.8 Å². The average Bonchev–Trinajstić information content (AvgIpc) is 2.76. The molecule has 2 N–H and O–H groups in total. The van der Waals surface area contributed by atoms with Crippen LogP contribution >= 0.6 is 0 Å². The van der Waals surface area contributed by atoms with E-state index in [4.69, 9.17) is 0 Å². The van der Waals surface area contributed by atoms with E-state index in [0.717, 1.165) is 16.5 Å². The highest BCUT2D eigenvalue weighted by molar-refractivity contribution is 6.10. The first-order chi connectivity index (χ1) is 14.1. The molecule has 0 saturated carbocycles. The average molecular weight is 381 g/mol. The van der Waals surface area contributed by atoms with E-state index < -0.39 is 0 Å². The van der Waals surface area contributed by atoms with Crippen molar-refractivity contribution in [2.75, 3.05) is 10.6 Å². The molecule has 1 aromatic heterocycles. The number of pyridine rings is 1. The predicted octanol–water partition coefficient (Wildman–Crippen LogP) is 5.05. The first kappa shape index (κ1) is 18.4. The number of rotatable bonds is 4. The Kier molecular flexibility index (Phi) is 5.03. The summed E-state index contributed by atoms with van der Waals surface area (Å²) < 4.78 is 0. The van der Waals surface area contributed by atoms with Gasteiger partial charge in [-0.05, 0) is 61.0 Å². The molecule has 1 heterocycles. The lowest BCUT2D eigenvalue weighted by molar-refractivity contribution is 0.101. The van der Waals surface area contributed by atoms with Crippen LogP contribution in [0.2, 0.25) is 0 Å². The normalized spacial score (nSPS) is 10.5. The molecular formula is C24H19N3O2. The molecule has 0 aliphatic carbocycles. The topological polar surface area (TPSA) is 71.1 Å². The molecule has 142 valence electrons. The maximum absolute atomic E-state index is 12.8. The van der Waals surface area contributed by atoms with Gasteiger partial charge in [0, 0.05) is 28.4 Å². The molecule has 0 radical (unpaired) electrons. The molecule has 0 bridgehead atoms. The lowest BCUT2D eigenvalue weighted by Crippen LogP contribution is -2.15. The Hall–Kier alpha value is -3.99. The van der Waals surface area contributed by atoms with E-state index in [9.17, 15) is 9.59 Å². The number of aryl methyl sites for hydroxylation is 1. The Morgan fingerprint density at radius 2 is 1.48 bits per heavy atom. The quantitative estimate of drug-likeness (QED) is 0.520. The summed E-state index contributed by atoms with van der Waals surface area (Å²) in [5, 5.41) is 6.70. The van der Waals surface area contributed by atoms with Crippen molar-refractivity contribution in [3.8, 4) is 0 Å². The second-order valence-electron chi connectivity index (χ2n) is 6.68. The van der Waals surface area contributed by atoms with Crippen molar-refractivity contribution in [3.63, 3.8) is 0 Å². The summed E-state index contributed by atoms with van der Waals surface area (Å²) >= 11 is 0. The van der Waals surface area contributed by atoms with Crippen LogP contribution in [0.1, 0.15) is 26.3 Å². The molecule has 0 aliphatic rings. The van der Waals surface area contributed by atoms with Crippen LogP contribution < -0.4 is 10.6 Å². The van der Waals surface area contributed by atoms with Crippen LogP contribution in [-0.4, -0.2) is 16.8 Å². The summed E-state index contributed by atoms with van der Waals surface area (Å²) in [6, 6.07) is 23.6. The van der Waals surface area contributed by atoms with Crippen molar-refractivity contribution >= 4 is 34.1 Å². The Balaban J connectivity index is 1.58. The summed E-state index contributed by atoms with van der Waals surface area (Å²) in [5.41, 5.74) is 4.00. The molecule has 29 heavy (non-hydrogen) atoms. The number of benzene rings is 3. The van der Waals surface area contributed by atoms with Crippen molar-refractivity contribution in [3.05, 3.63) is 102 Å². The Bertz CT molecular complexity index is 1200. The van der Waals surface area contributed by atoms with Gasteiger partial charge in [0.1, 0.15) is 0 Å². The summed E-state index contributed by atoms with van der Waals surface area (Å²) in [4.78, 5) is 29.6. The molecule has 0 unspecified atom stereocenters. The number of aromatic nitrogens is 1. The number of amides is 2. The lowest BCUT2D eigenvalue weighted by Gasteiger charge is -2.12. The SMILES string of the molecule is Cc1ccc(C(=O)Nc2cccc3ncccc23)cc1NC(=O)c1ccccc1. The number of carbonyl (C=O) groups excluding carboxylic acids is 2. The highest BCUT2D eigenvalue weighted by Gasteiger charge is 2.13. The maximum Gasteiger partial charge on any atom is 0.255 e. The second-order valence-corrected chi connectivity index (χ2v) is 6.68. The zero-order chi connectivity index (χ0) is 20.2. The summed E-state index contributed by atoms with van der Waals surface area (Å²) in [5.74, 6) is -0.469. The van der Waals surface area contributed by atoms with Gasteiger partial charge in [-0.3, -0.25) is 14.6 Å². The van der Waals surface area contributed by atoms with E-state index in [-0.39, 0.29) is 11.8 Å². The third-order valence-corrected chi connectivity index (χ3v) is 4.68. The number of fused-ring (bicyclic) bond motifs is 1. The zero-order valence-corrected chi connectivity index (χ0v) is 15.8. The largest absolute Gasteiger partial charge is 0.322 e. The van der Waals surface area contributed by atoms with Crippen LogP contribution in [0.25, 0.3) is 10.9 Å². The van der Waals surface area contributed by atoms with E-state index in [2.05, 4.69) is 15.6 Å². The van der Waals surface area contributed by atoms with Crippen LogP contribution in [-0.2, 0) is 0 Å². The highest BCUT2D eigenvalue weighted by Crippen LogP contribution is 2.23. The monoisotopic (exact) mass is 381 g/mol. The van der Waals surface area contributed by atoms with Crippen LogP contribution in [0.15, 0.2) is 85.1 Å². The van der Waals surface area contributed by atoms with Crippen LogP contribution in [0.5, 0.6) is 0 Å². The molecule has 0 atom stereocenters. The molecule has 0 spiro atoms. The highest BCUT2D eigenvalue weighted by atomic mass is 16.2. The number of carbonyl (C=O) groups is 2. The Morgan fingerprint density at radius 1 is 0.724 bits per heavy atom. The smallest absolute Gasteiger partial charge is 0.255 e. The third-order valence-electron chi connectivity index (χ3n) is 4.68. The van der Waals surface area contributed by atoms with Gasteiger partial charge in [0.05, 0.1) is 11.2 Å². The summed E-state index contributed by atoms with van der Waals surface area (Å²) in [7, 11) is 0. The first-order valence-corrected chi connectivity index (χ1v) is 9.24. The van der Waals surface area contributed by atoms with Crippen molar-refractivity contribution in [2.24, 2.45) is 0 Å². The Morgan fingerprint density at radius 3 is 2.31 bits per heavy atom. The standard InChI is InChI=1S/C24H19N3O2/c1-16-12-13-18(15-22(16)27-23(28)17-7-3-2-4-8-17)24(29)26-21-11-5-10-20-19(21)9-6-14-25-20/h2-15H,1H3,(H,26,29)(H,27,28). The molecule has 4 aromatic rings. The maximum atomic E-state index is 12.8. The first-order valence-electron chi connectivity index (χ1n) is 9.24. The Labute approximate surface area is 168 Å². The minimum absolute atomic E-state index is 0.216. The van der Waals surface area contributed by atoms with Gasteiger partial charge in [-0.15, -0.1) is 0 Å². The van der Waals surface area contributed by atoms with E-state index >= 15 is 0 Å². The minimum Gasteiger partial charge on any atom is -0.322 e. The molecule has 0 saturated heterocycles. The number of hydrogen-bond donors (Lipinski definition) is 2. The van der Waals surface area contributed by atoms with Crippen molar-refractivity contribution in [2.45, 2.75) is 6.92 Å². The zero-order valence-electron chi connectivity index (χ0n) is 15.8. The fourth-order valence-corrected chi connectivity index (χ4v) is 3.09. The minimum atomic E-state index is -0.253.